The summed E-state index contributed by atoms with van der Waals surface area (Å²) in [6.45, 7) is 9.32. The Kier molecular flexibility index (Phi) is 11.2. The van der Waals surface area contributed by atoms with Crippen LogP contribution in [-0.4, -0.2) is 54.5 Å². The van der Waals surface area contributed by atoms with Gasteiger partial charge in [0.2, 0.25) is 11.5 Å². The number of hydrogen-bond donors (Lipinski definition) is 5. The third kappa shape index (κ3) is 8.53. The number of carbonyl (C=O) groups is 2. The first-order valence-electron chi connectivity index (χ1n) is 17.1. The molecule has 1 aliphatic heterocycles. The van der Waals surface area contributed by atoms with E-state index >= 15 is 0 Å². The van der Waals surface area contributed by atoms with Gasteiger partial charge >= 0.3 is 5.97 Å². The van der Waals surface area contributed by atoms with E-state index in [1.54, 1.807) is 19.9 Å². The van der Waals surface area contributed by atoms with Gasteiger partial charge in [-0.05, 0) is 99.7 Å². The molecule has 1 aromatic heterocycles. The van der Waals surface area contributed by atoms with Crippen LogP contribution in [0.1, 0.15) is 88.5 Å². The summed E-state index contributed by atoms with van der Waals surface area (Å²) < 4.78 is 35.6. The molecule has 1 aliphatic rings. The molecule has 6 N–H and O–H groups in total. The summed E-state index contributed by atoms with van der Waals surface area (Å²) >= 11 is 0. The van der Waals surface area contributed by atoms with Crippen molar-refractivity contribution in [2.45, 2.75) is 82.8 Å². The van der Waals surface area contributed by atoms with E-state index in [9.17, 15) is 27.9 Å². The van der Waals surface area contributed by atoms with Crippen molar-refractivity contribution in [2.75, 3.05) is 6.54 Å². The molecule has 274 valence electrons. The van der Waals surface area contributed by atoms with Crippen molar-refractivity contribution in [1.82, 2.24) is 15.0 Å². The molecule has 2 heterocycles. The molecule has 1 amide bonds. The Hall–Kier alpha value is -5.43. The smallest absolute Gasteiger partial charge is 0.326 e. The lowest BCUT2D eigenvalue weighted by atomic mass is 9.87. The molecule has 0 radical (unpaired) electrons. The maximum Gasteiger partial charge on any atom is 0.326 e. The van der Waals surface area contributed by atoms with Gasteiger partial charge in [0.25, 0.3) is 15.9 Å². The second-order valence-electron chi connectivity index (χ2n) is 13.7. The van der Waals surface area contributed by atoms with Gasteiger partial charge in [-0.2, -0.15) is 0 Å². The number of sulfonamides is 1. The first-order valence-corrected chi connectivity index (χ1v) is 18.6. The van der Waals surface area contributed by atoms with Crippen molar-refractivity contribution in [2.24, 2.45) is 10.7 Å². The largest absolute Gasteiger partial charge is 0.487 e. The number of carboxylic acids is 1. The molecular formula is C39H45N5O7S. The molecule has 0 unspecified atom stereocenters. The second kappa shape index (κ2) is 15.4. The topological polar surface area (TPSA) is 193 Å². The number of fused-ring (bicyclic) bond motifs is 1. The fraction of sp³-hybridized carbons (Fsp3) is 0.333. The minimum atomic E-state index is -4.11. The minimum absolute atomic E-state index is 0.0108. The lowest BCUT2D eigenvalue weighted by Gasteiger charge is -2.35. The number of nitrogens with zero attached hydrogens (tertiary/aromatic N) is 1. The van der Waals surface area contributed by atoms with E-state index in [1.807, 2.05) is 81.4 Å². The zero-order chi connectivity index (χ0) is 37.8. The summed E-state index contributed by atoms with van der Waals surface area (Å²) in [5.41, 5.74) is 10.2. The van der Waals surface area contributed by atoms with Crippen molar-refractivity contribution >= 4 is 27.9 Å². The number of H-pyrrole nitrogens is 1. The predicted octanol–water partition coefficient (Wildman–Crippen LogP) is 4.84. The van der Waals surface area contributed by atoms with E-state index in [0.717, 1.165) is 40.5 Å². The van der Waals surface area contributed by atoms with Crippen LogP contribution in [0.2, 0.25) is 0 Å². The van der Waals surface area contributed by atoms with Gasteiger partial charge < -0.3 is 25.9 Å². The Balaban J connectivity index is 1.26. The SMILES string of the molecule is Cc1c(C)c(S(=O)(=O)NC(N)=NCCC[C@H](NC(=O)c2cc(C(c3ccccc3)c3ccccc3)[nH]c(=O)c2)C(=O)O)c(C)c2c1OC(C)(C)CC2. The summed E-state index contributed by atoms with van der Waals surface area (Å²) in [6.07, 6.45) is 1.54. The standard InChI is InChI=1S/C39H45N5O7S/c1-23-24(2)35(25(3)29-18-19-39(4,5)51-34(23)29)52(49,50)44-38(40)41-20-12-17-30(37(47)48)43-36(46)28-21-31(42-32(45)22-28)33(26-13-8-6-9-14-26)27-15-10-7-11-16-27/h6-11,13-16,21-22,30,33H,12,17-20H2,1-5H3,(H,42,45)(H,43,46)(H,47,48)(H3,40,41,44)/t30-/m0/s1. The van der Waals surface area contributed by atoms with Crippen LogP contribution >= 0.6 is 0 Å². The fourth-order valence-electron chi connectivity index (χ4n) is 6.66. The van der Waals surface area contributed by atoms with Crippen molar-refractivity contribution < 1.29 is 27.9 Å². The highest BCUT2D eigenvalue weighted by atomic mass is 32.2. The summed E-state index contributed by atoms with van der Waals surface area (Å²) in [4.78, 5) is 45.3. The quantitative estimate of drug-likeness (QED) is 0.0777. The lowest BCUT2D eigenvalue weighted by molar-refractivity contribution is -0.139. The summed E-state index contributed by atoms with van der Waals surface area (Å²) in [6, 6.07) is 20.4. The molecule has 13 heteroatoms. The van der Waals surface area contributed by atoms with E-state index in [4.69, 9.17) is 10.5 Å². The zero-order valence-electron chi connectivity index (χ0n) is 29.9. The number of pyridine rings is 1. The first-order chi connectivity index (χ1) is 24.6. The number of aliphatic imine (C=N–C) groups is 1. The van der Waals surface area contributed by atoms with Gasteiger partial charge in [0, 0.05) is 29.8 Å². The first kappa shape index (κ1) is 37.8. The number of nitrogens with two attached hydrogens (primary N) is 1. The van der Waals surface area contributed by atoms with E-state index in [1.165, 1.54) is 0 Å². The summed E-state index contributed by atoms with van der Waals surface area (Å²) in [7, 11) is -4.11. The molecule has 0 bridgehead atoms. The van der Waals surface area contributed by atoms with Crippen molar-refractivity contribution in [1.29, 1.82) is 0 Å². The average Bonchev–Trinajstić information content (AvgIpc) is 3.08. The highest BCUT2D eigenvalue weighted by Gasteiger charge is 2.34. The molecule has 0 aliphatic carbocycles. The number of amides is 1. The van der Waals surface area contributed by atoms with Crippen LogP contribution in [0, 0.1) is 20.8 Å². The van der Waals surface area contributed by atoms with Crippen LogP contribution in [0.15, 0.2) is 87.5 Å². The number of aromatic nitrogens is 1. The Labute approximate surface area is 303 Å². The number of aliphatic carboxylic acids is 1. The monoisotopic (exact) mass is 727 g/mol. The number of rotatable bonds is 12. The number of ether oxygens (including phenoxy) is 1. The number of carbonyl (C=O) groups excluding carboxylic acids is 1. The fourth-order valence-corrected chi connectivity index (χ4v) is 8.18. The number of benzene rings is 3. The molecule has 1 atom stereocenters. The highest BCUT2D eigenvalue weighted by Crippen LogP contribution is 2.42. The van der Waals surface area contributed by atoms with Crippen LogP contribution in [-0.2, 0) is 21.2 Å². The molecule has 3 aromatic carbocycles. The second-order valence-corrected chi connectivity index (χ2v) is 15.3. The maximum absolute atomic E-state index is 13.5. The lowest BCUT2D eigenvalue weighted by Crippen LogP contribution is -2.41. The summed E-state index contributed by atoms with van der Waals surface area (Å²) in [5.74, 6) is -2.01. The molecule has 0 spiro atoms. The Morgan fingerprint density at radius 3 is 2.19 bits per heavy atom. The molecule has 52 heavy (non-hydrogen) atoms. The van der Waals surface area contributed by atoms with Crippen LogP contribution in [0.4, 0.5) is 0 Å². The molecule has 5 rings (SSSR count). The van der Waals surface area contributed by atoms with Gasteiger partial charge in [-0.3, -0.25) is 14.6 Å². The molecule has 0 saturated carbocycles. The Morgan fingerprint density at radius 1 is 0.981 bits per heavy atom. The van der Waals surface area contributed by atoms with Gasteiger partial charge in [0.1, 0.15) is 17.4 Å². The van der Waals surface area contributed by atoms with Crippen LogP contribution in [0.5, 0.6) is 5.75 Å². The normalized spacial score (nSPS) is 14.6. The zero-order valence-corrected chi connectivity index (χ0v) is 30.8. The maximum atomic E-state index is 13.5. The number of nitrogens with one attached hydrogen (secondary N) is 3. The highest BCUT2D eigenvalue weighted by molar-refractivity contribution is 7.90. The molecule has 12 nitrogen and oxygen atoms in total. The van der Waals surface area contributed by atoms with Crippen molar-refractivity contribution in [3.63, 3.8) is 0 Å². The van der Waals surface area contributed by atoms with Crippen LogP contribution in [0.3, 0.4) is 0 Å². The van der Waals surface area contributed by atoms with Gasteiger partial charge in [-0.25, -0.2) is 17.9 Å². The van der Waals surface area contributed by atoms with Crippen LogP contribution < -0.4 is 26.1 Å². The molecular weight excluding hydrogens is 683 g/mol. The number of aromatic amines is 1. The summed E-state index contributed by atoms with van der Waals surface area (Å²) in [5, 5.41) is 12.4. The number of guanidine groups is 1. The third-order valence-electron chi connectivity index (χ3n) is 9.41. The van der Waals surface area contributed by atoms with Crippen molar-refractivity contribution in [3.05, 3.63) is 128 Å². The minimum Gasteiger partial charge on any atom is -0.487 e. The van der Waals surface area contributed by atoms with E-state index in [0.29, 0.717) is 23.2 Å². The van der Waals surface area contributed by atoms with Gasteiger partial charge in [0.15, 0.2) is 0 Å². The molecule has 4 aromatic rings. The molecule has 0 fully saturated rings. The third-order valence-corrected chi connectivity index (χ3v) is 11.0. The predicted molar refractivity (Wildman–Crippen MR) is 200 cm³/mol. The average molecular weight is 728 g/mol. The van der Waals surface area contributed by atoms with E-state index in [2.05, 4.69) is 20.0 Å². The van der Waals surface area contributed by atoms with Gasteiger partial charge in [-0.15, -0.1) is 0 Å². The Morgan fingerprint density at radius 2 is 1.60 bits per heavy atom. The van der Waals surface area contributed by atoms with Gasteiger partial charge in [0.05, 0.1) is 4.90 Å². The van der Waals surface area contributed by atoms with Gasteiger partial charge in [-0.1, -0.05) is 60.7 Å². The van der Waals surface area contributed by atoms with E-state index in [-0.39, 0.29) is 47.3 Å². The number of hydrogen-bond acceptors (Lipinski definition) is 7. The molecule has 0 saturated heterocycles. The van der Waals surface area contributed by atoms with Crippen LogP contribution in [0.25, 0.3) is 0 Å². The van der Waals surface area contributed by atoms with Crippen molar-refractivity contribution in [3.8, 4) is 5.75 Å². The Bertz CT molecular complexity index is 2130. The van der Waals surface area contributed by atoms with E-state index < -0.39 is 33.5 Å². The number of carboxylic acid groups (broad SMARTS) is 1.